The van der Waals surface area contributed by atoms with E-state index < -0.39 is 12.7 Å². The van der Waals surface area contributed by atoms with E-state index in [0.717, 1.165) is 5.69 Å². The topological polar surface area (TPSA) is 86.2 Å². The van der Waals surface area contributed by atoms with E-state index in [1.165, 1.54) is 24.2 Å². The van der Waals surface area contributed by atoms with Crippen LogP contribution in [0.4, 0.5) is 13.2 Å². The number of rotatable bonds is 6. The van der Waals surface area contributed by atoms with Crippen molar-refractivity contribution in [1.29, 1.82) is 5.26 Å². The fraction of sp³-hybridized carbons (Fsp3) is 0.500. The van der Waals surface area contributed by atoms with E-state index in [4.69, 9.17) is 5.26 Å². The molecular formula is C10H12F3N5OS. The molecule has 0 saturated carbocycles. The lowest BCUT2D eigenvalue weighted by Crippen LogP contribution is -2.40. The highest BCUT2D eigenvalue weighted by Crippen LogP contribution is 2.12. The molecule has 0 saturated heterocycles. The predicted octanol–water partition coefficient (Wildman–Crippen LogP) is 1.49. The third kappa shape index (κ3) is 7.52. The number of nitriles is 1. The van der Waals surface area contributed by atoms with Crippen LogP contribution in [-0.2, 0) is 5.75 Å². The first-order chi connectivity index (χ1) is 9.51. The van der Waals surface area contributed by atoms with Gasteiger partial charge < -0.3 is 9.84 Å². The van der Waals surface area contributed by atoms with Gasteiger partial charge in [-0.3, -0.25) is 10.3 Å². The first kappa shape index (κ1) is 16.2. The van der Waals surface area contributed by atoms with E-state index in [0.29, 0.717) is 11.5 Å². The van der Waals surface area contributed by atoms with Gasteiger partial charge in [-0.15, -0.1) is 0 Å². The highest BCUT2D eigenvalue weighted by atomic mass is 32.2. The molecule has 1 aromatic rings. The molecular weight excluding hydrogens is 295 g/mol. The lowest BCUT2D eigenvalue weighted by Gasteiger charge is -2.10. The van der Waals surface area contributed by atoms with Gasteiger partial charge in [-0.2, -0.15) is 30.2 Å². The van der Waals surface area contributed by atoms with Crippen LogP contribution in [0.15, 0.2) is 21.8 Å². The molecule has 1 rings (SSSR count). The van der Waals surface area contributed by atoms with Gasteiger partial charge in [-0.1, -0.05) is 5.16 Å². The summed E-state index contributed by atoms with van der Waals surface area (Å²) in [5.74, 6) is 1.02. The molecule has 10 heteroatoms. The molecule has 0 radical (unpaired) electrons. The van der Waals surface area contributed by atoms with Crippen molar-refractivity contribution in [2.45, 2.75) is 11.9 Å². The lowest BCUT2D eigenvalue weighted by molar-refractivity contribution is -0.122. The van der Waals surface area contributed by atoms with Crippen molar-refractivity contribution < 1.29 is 17.7 Å². The molecule has 0 unspecified atom stereocenters. The predicted molar refractivity (Wildman–Crippen MR) is 67.8 cm³/mol. The second-order valence-corrected chi connectivity index (χ2v) is 4.58. The lowest BCUT2D eigenvalue weighted by atomic mass is 10.5. The Morgan fingerprint density at radius 3 is 2.95 bits per heavy atom. The highest BCUT2D eigenvalue weighted by molar-refractivity contribution is 7.98. The Labute approximate surface area is 117 Å². The van der Waals surface area contributed by atoms with Gasteiger partial charge in [0.25, 0.3) is 0 Å². The number of nitrogens with one attached hydrogen (secondary N) is 2. The van der Waals surface area contributed by atoms with Gasteiger partial charge in [-0.05, 0) is 0 Å². The van der Waals surface area contributed by atoms with E-state index in [1.54, 1.807) is 6.07 Å². The fourth-order valence-electron chi connectivity index (χ4n) is 1.09. The summed E-state index contributed by atoms with van der Waals surface area (Å²) in [6.45, 7) is -0.968. The molecule has 0 fully saturated rings. The molecule has 0 bridgehead atoms. The van der Waals surface area contributed by atoms with E-state index in [2.05, 4.69) is 20.0 Å². The minimum Gasteiger partial charge on any atom is -0.364 e. The summed E-state index contributed by atoms with van der Waals surface area (Å²) in [7, 11) is 0. The number of thioether (sulfide) groups is 1. The van der Waals surface area contributed by atoms with Gasteiger partial charge in [-0.25, -0.2) is 0 Å². The molecule has 0 aliphatic rings. The molecule has 0 aliphatic carbocycles. The summed E-state index contributed by atoms with van der Waals surface area (Å²) in [6.07, 6.45) is -1.37. The Morgan fingerprint density at radius 2 is 2.35 bits per heavy atom. The van der Waals surface area contributed by atoms with E-state index in [9.17, 15) is 13.2 Å². The number of hydrogen-bond donors (Lipinski definition) is 2. The van der Waals surface area contributed by atoms with E-state index >= 15 is 0 Å². The molecule has 0 aromatic carbocycles. The zero-order valence-electron chi connectivity index (χ0n) is 10.3. The first-order valence-electron chi connectivity index (χ1n) is 5.48. The SMILES string of the molecule is N#CN/C(=N\CCSCc1ccon1)NCC(F)(F)F. The van der Waals surface area contributed by atoms with E-state index in [1.807, 2.05) is 5.32 Å². The van der Waals surface area contributed by atoms with Crippen LogP contribution >= 0.6 is 11.8 Å². The summed E-state index contributed by atoms with van der Waals surface area (Å²) in [5.41, 5.74) is 0.782. The Morgan fingerprint density at radius 1 is 1.55 bits per heavy atom. The average Bonchev–Trinajstić information content (AvgIpc) is 2.87. The van der Waals surface area contributed by atoms with Crippen molar-refractivity contribution in [3.63, 3.8) is 0 Å². The largest absolute Gasteiger partial charge is 0.405 e. The maximum atomic E-state index is 12.0. The van der Waals surface area contributed by atoms with Crippen LogP contribution in [0, 0.1) is 11.5 Å². The molecule has 6 nitrogen and oxygen atoms in total. The summed E-state index contributed by atoms with van der Waals surface area (Å²) in [5, 5.41) is 16.2. The summed E-state index contributed by atoms with van der Waals surface area (Å²) in [6, 6.07) is 1.73. The van der Waals surface area contributed by atoms with E-state index in [-0.39, 0.29) is 12.5 Å². The van der Waals surface area contributed by atoms with Crippen LogP contribution in [0.25, 0.3) is 0 Å². The van der Waals surface area contributed by atoms with Crippen LogP contribution in [-0.4, -0.2) is 36.1 Å². The van der Waals surface area contributed by atoms with Crippen LogP contribution in [0.3, 0.4) is 0 Å². The summed E-state index contributed by atoms with van der Waals surface area (Å²) < 4.78 is 40.7. The molecule has 0 atom stereocenters. The third-order valence-corrected chi connectivity index (χ3v) is 2.85. The van der Waals surface area contributed by atoms with Gasteiger partial charge in [0.1, 0.15) is 12.8 Å². The molecule has 0 aliphatic heterocycles. The Hall–Kier alpha value is -1.89. The van der Waals surface area contributed by atoms with Gasteiger partial charge in [0.2, 0.25) is 5.96 Å². The van der Waals surface area contributed by atoms with Gasteiger partial charge in [0, 0.05) is 17.6 Å². The Bertz CT molecular complexity index is 454. The van der Waals surface area contributed by atoms with Gasteiger partial charge in [0.05, 0.1) is 12.2 Å². The number of aliphatic imine (C=N–C) groups is 1. The van der Waals surface area contributed by atoms with Gasteiger partial charge >= 0.3 is 6.18 Å². The number of hydrogen-bond acceptors (Lipinski definition) is 5. The molecule has 2 N–H and O–H groups in total. The quantitative estimate of drug-likeness (QED) is 0.272. The van der Waals surface area contributed by atoms with Crippen LogP contribution in [0.1, 0.15) is 5.69 Å². The zero-order chi connectivity index (χ0) is 14.8. The molecule has 20 heavy (non-hydrogen) atoms. The minimum atomic E-state index is -4.36. The smallest absolute Gasteiger partial charge is 0.364 e. The Balaban J connectivity index is 2.26. The molecule has 0 spiro atoms. The number of alkyl halides is 3. The first-order valence-corrected chi connectivity index (χ1v) is 6.64. The van der Waals surface area contributed by atoms with Crippen molar-refractivity contribution >= 4 is 17.7 Å². The molecule has 0 amide bonds. The number of nitrogens with zero attached hydrogens (tertiary/aromatic N) is 3. The molecule has 1 heterocycles. The number of aromatic nitrogens is 1. The van der Waals surface area contributed by atoms with Crippen LogP contribution in [0.5, 0.6) is 0 Å². The normalized spacial score (nSPS) is 12.0. The van der Waals surface area contributed by atoms with Crippen molar-refractivity contribution in [1.82, 2.24) is 15.8 Å². The van der Waals surface area contributed by atoms with Crippen molar-refractivity contribution in [3.05, 3.63) is 18.0 Å². The van der Waals surface area contributed by atoms with Crippen molar-refractivity contribution in [2.24, 2.45) is 4.99 Å². The maximum Gasteiger partial charge on any atom is 0.405 e. The average molecular weight is 307 g/mol. The molecule has 110 valence electrons. The maximum absolute atomic E-state index is 12.0. The molecule has 1 aromatic heterocycles. The second-order valence-electron chi connectivity index (χ2n) is 3.48. The summed E-state index contributed by atoms with van der Waals surface area (Å²) >= 11 is 1.50. The minimum absolute atomic E-state index is 0.188. The van der Waals surface area contributed by atoms with Crippen molar-refractivity contribution in [3.8, 4) is 6.19 Å². The highest BCUT2D eigenvalue weighted by Gasteiger charge is 2.27. The summed E-state index contributed by atoms with van der Waals surface area (Å²) in [4.78, 5) is 3.84. The zero-order valence-corrected chi connectivity index (χ0v) is 11.1. The monoisotopic (exact) mass is 307 g/mol. The van der Waals surface area contributed by atoms with Gasteiger partial charge in [0.15, 0.2) is 6.19 Å². The number of guanidine groups is 1. The van der Waals surface area contributed by atoms with Crippen molar-refractivity contribution in [2.75, 3.05) is 18.8 Å². The number of halogens is 3. The Kier molecular flexibility index (Phi) is 6.72. The van der Waals surface area contributed by atoms with Crippen LogP contribution in [0.2, 0.25) is 0 Å². The van der Waals surface area contributed by atoms with Crippen LogP contribution < -0.4 is 10.6 Å². The third-order valence-electron chi connectivity index (χ3n) is 1.88. The second kappa shape index (κ2) is 8.31. The fourth-order valence-corrected chi connectivity index (χ4v) is 1.81. The standard InChI is InChI=1S/C10H12F3N5OS/c11-10(12,13)6-16-9(17-7-14)15-2-4-20-5-8-1-3-19-18-8/h1,3H,2,4-6H2,(H2,15,16,17).